The molecule has 0 aliphatic carbocycles. The van der Waals surface area contributed by atoms with Gasteiger partial charge in [0.1, 0.15) is 0 Å². The van der Waals surface area contributed by atoms with E-state index < -0.39 is 0 Å². The van der Waals surface area contributed by atoms with Crippen molar-refractivity contribution in [3.63, 3.8) is 0 Å². The Morgan fingerprint density at radius 3 is 2.82 bits per heavy atom. The highest BCUT2D eigenvalue weighted by Crippen LogP contribution is 2.21. The molecule has 17 heavy (non-hydrogen) atoms. The van der Waals surface area contributed by atoms with Crippen molar-refractivity contribution in [1.82, 2.24) is 19.3 Å². The zero-order valence-electron chi connectivity index (χ0n) is 9.89. The summed E-state index contributed by atoms with van der Waals surface area (Å²) in [5.74, 6) is 0. The van der Waals surface area contributed by atoms with E-state index in [1.54, 1.807) is 12.5 Å². The number of rotatable bonds is 4. The van der Waals surface area contributed by atoms with Crippen LogP contribution in [0, 0.1) is 6.92 Å². The molecular formula is C11H15ClN4O. The lowest BCUT2D eigenvalue weighted by atomic mass is 10.3. The van der Waals surface area contributed by atoms with Gasteiger partial charge in [-0.2, -0.15) is 5.10 Å². The summed E-state index contributed by atoms with van der Waals surface area (Å²) in [4.78, 5) is 4.06. The van der Waals surface area contributed by atoms with Crippen LogP contribution in [0.25, 0.3) is 0 Å². The average Bonchev–Trinajstić information content (AvgIpc) is 2.89. The topological polar surface area (TPSA) is 55.9 Å². The van der Waals surface area contributed by atoms with Crippen LogP contribution in [0.4, 0.5) is 0 Å². The van der Waals surface area contributed by atoms with E-state index in [0.717, 1.165) is 17.9 Å². The van der Waals surface area contributed by atoms with E-state index in [0.29, 0.717) is 17.3 Å². The van der Waals surface area contributed by atoms with Crippen LogP contribution in [0.15, 0.2) is 12.5 Å². The molecule has 2 aromatic rings. The zero-order chi connectivity index (χ0) is 12.4. The van der Waals surface area contributed by atoms with Gasteiger partial charge in [-0.05, 0) is 13.8 Å². The number of imidazole rings is 1. The fraction of sp³-hybridized carbons (Fsp3) is 0.455. The van der Waals surface area contributed by atoms with Crippen molar-refractivity contribution in [2.75, 3.05) is 0 Å². The van der Waals surface area contributed by atoms with E-state index in [1.807, 2.05) is 23.1 Å². The van der Waals surface area contributed by atoms with E-state index in [4.69, 9.17) is 16.7 Å². The molecule has 0 atom stereocenters. The Balaban J connectivity index is 2.28. The molecule has 0 aromatic carbocycles. The summed E-state index contributed by atoms with van der Waals surface area (Å²) >= 11 is 6.22. The minimum absolute atomic E-state index is 0.0488. The van der Waals surface area contributed by atoms with Gasteiger partial charge in [-0.25, -0.2) is 4.98 Å². The Hall–Kier alpha value is -1.33. The van der Waals surface area contributed by atoms with Crippen molar-refractivity contribution in [2.24, 2.45) is 0 Å². The lowest BCUT2D eigenvalue weighted by molar-refractivity contribution is 0.277. The van der Waals surface area contributed by atoms with E-state index in [2.05, 4.69) is 10.1 Å². The number of aliphatic hydroxyl groups excluding tert-OH is 1. The molecule has 2 aromatic heterocycles. The predicted molar refractivity (Wildman–Crippen MR) is 64.9 cm³/mol. The highest BCUT2D eigenvalue weighted by molar-refractivity contribution is 6.31. The average molecular weight is 255 g/mol. The molecule has 5 nitrogen and oxygen atoms in total. The molecule has 0 saturated carbocycles. The molecule has 1 N–H and O–H groups in total. The van der Waals surface area contributed by atoms with Gasteiger partial charge in [0.25, 0.3) is 0 Å². The highest BCUT2D eigenvalue weighted by Gasteiger charge is 2.12. The number of aliphatic hydroxyl groups is 1. The molecule has 0 fully saturated rings. The summed E-state index contributed by atoms with van der Waals surface area (Å²) in [6, 6.07) is 0. The van der Waals surface area contributed by atoms with Crippen molar-refractivity contribution < 1.29 is 5.11 Å². The fourth-order valence-corrected chi connectivity index (χ4v) is 1.96. The second kappa shape index (κ2) is 4.89. The first-order valence-electron chi connectivity index (χ1n) is 5.49. The van der Waals surface area contributed by atoms with Crippen LogP contribution < -0.4 is 0 Å². The van der Waals surface area contributed by atoms with Gasteiger partial charge < -0.3 is 9.67 Å². The van der Waals surface area contributed by atoms with Crippen LogP contribution in [-0.2, 0) is 19.7 Å². The number of hydrogen-bond donors (Lipinski definition) is 1. The summed E-state index contributed by atoms with van der Waals surface area (Å²) in [7, 11) is 0. The molecule has 0 bridgehead atoms. The number of hydrogen-bond acceptors (Lipinski definition) is 3. The summed E-state index contributed by atoms with van der Waals surface area (Å²) in [5.41, 5.74) is 2.46. The highest BCUT2D eigenvalue weighted by atomic mass is 35.5. The van der Waals surface area contributed by atoms with Crippen molar-refractivity contribution in [2.45, 2.75) is 33.5 Å². The number of aryl methyl sites for hydroxylation is 2. The van der Waals surface area contributed by atoms with Crippen molar-refractivity contribution in [1.29, 1.82) is 0 Å². The summed E-state index contributed by atoms with van der Waals surface area (Å²) < 4.78 is 3.77. The molecule has 2 rings (SSSR count). The predicted octanol–water partition coefficient (Wildman–Crippen LogP) is 1.60. The summed E-state index contributed by atoms with van der Waals surface area (Å²) in [5, 5.41) is 14.0. The Kier molecular flexibility index (Phi) is 3.49. The molecule has 0 aliphatic rings. The minimum atomic E-state index is -0.0488. The maximum Gasteiger partial charge on any atom is 0.0954 e. The third-order valence-corrected chi connectivity index (χ3v) is 3.13. The maximum atomic E-state index is 8.96. The SMILES string of the molecule is CCn1nc(C)c(Cl)c1Cn1cnc(CO)c1. The molecule has 92 valence electrons. The van der Waals surface area contributed by atoms with E-state index in [1.165, 1.54) is 0 Å². The van der Waals surface area contributed by atoms with Crippen LogP contribution >= 0.6 is 11.6 Å². The minimum Gasteiger partial charge on any atom is -0.390 e. The van der Waals surface area contributed by atoms with E-state index in [9.17, 15) is 0 Å². The van der Waals surface area contributed by atoms with Crippen LogP contribution in [0.3, 0.4) is 0 Å². The van der Waals surface area contributed by atoms with Crippen molar-refractivity contribution in [3.05, 3.63) is 34.6 Å². The molecular weight excluding hydrogens is 240 g/mol. The van der Waals surface area contributed by atoms with Gasteiger partial charge in [0.2, 0.25) is 0 Å². The van der Waals surface area contributed by atoms with Gasteiger partial charge in [-0.15, -0.1) is 0 Å². The largest absolute Gasteiger partial charge is 0.390 e. The molecule has 2 heterocycles. The second-order valence-corrected chi connectivity index (χ2v) is 4.24. The third kappa shape index (κ3) is 2.35. The first-order valence-corrected chi connectivity index (χ1v) is 5.86. The van der Waals surface area contributed by atoms with E-state index >= 15 is 0 Å². The number of nitrogens with zero attached hydrogens (tertiary/aromatic N) is 4. The Labute approximate surface area is 105 Å². The van der Waals surface area contributed by atoms with Gasteiger partial charge in [-0.3, -0.25) is 4.68 Å². The molecule has 0 saturated heterocycles. The standard InChI is InChI=1S/C11H15ClN4O/c1-3-16-10(11(12)8(2)14-16)5-15-4-9(6-17)13-7-15/h4,7,17H,3,5-6H2,1-2H3. The van der Waals surface area contributed by atoms with Crippen molar-refractivity contribution >= 4 is 11.6 Å². The number of halogens is 1. The molecule has 0 spiro atoms. The lowest BCUT2D eigenvalue weighted by Crippen LogP contribution is -2.07. The Morgan fingerprint density at radius 2 is 2.24 bits per heavy atom. The van der Waals surface area contributed by atoms with Gasteiger partial charge in [-0.1, -0.05) is 11.6 Å². The quantitative estimate of drug-likeness (QED) is 0.902. The first kappa shape index (κ1) is 12.1. The van der Waals surface area contributed by atoms with Gasteiger partial charge in [0.15, 0.2) is 0 Å². The molecule has 6 heteroatoms. The smallest absolute Gasteiger partial charge is 0.0954 e. The number of aromatic nitrogens is 4. The fourth-order valence-electron chi connectivity index (χ4n) is 1.77. The Bertz CT molecular complexity index is 518. The summed E-state index contributed by atoms with van der Waals surface area (Å²) in [6.45, 7) is 5.27. The molecule has 0 radical (unpaired) electrons. The van der Waals surface area contributed by atoms with Gasteiger partial charge >= 0.3 is 0 Å². The second-order valence-electron chi connectivity index (χ2n) is 3.86. The van der Waals surface area contributed by atoms with E-state index in [-0.39, 0.29) is 6.61 Å². The zero-order valence-corrected chi connectivity index (χ0v) is 10.6. The molecule has 0 aliphatic heterocycles. The molecule has 0 unspecified atom stereocenters. The van der Waals surface area contributed by atoms with Crippen LogP contribution in [0.1, 0.15) is 24.0 Å². The normalized spacial score (nSPS) is 11.1. The van der Waals surface area contributed by atoms with Crippen LogP contribution in [-0.4, -0.2) is 24.4 Å². The monoisotopic (exact) mass is 254 g/mol. The third-order valence-electron chi connectivity index (χ3n) is 2.63. The van der Waals surface area contributed by atoms with Crippen LogP contribution in [0.5, 0.6) is 0 Å². The lowest BCUT2D eigenvalue weighted by Gasteiger charge is -2.05. The Morgan fingerprint density at radius 1 is 1.47 bits per heavy atom. The maximum absolute atomic E-state index is 8.96. The van der Waals surface area contributed by atoms with Gasteiger partial charge in [0, 0.05) is 12.7 Å². The first-order chi connectivity index (χ1) is 8.15. The van der Waals surface area contributed by atoms with Gasteiger partial charge in [0.05, 0.1) is 41.6 Å². The summed E-state index contributed by atoms with van der Waals surface area (Å²) in [6.07, 6.45) is 3.49. The van der Waals surface area contributed by atoms with Crippen LogP contribution in [0.2, 0.25) is 5.02 Å². The van der Waals surface area contributed by atoms with Crippen molar-refractivity contribution in [3.8, 4) is 0 Å². The molecule has 0 amide bonds.